The van der Waals surface area contributed by atoms with Crippen molar-refractivity contribution in [2.24, 2.45) is 0 Å². The highest BCUT2D eigenvalue weighted by molar-refractivity contribution is 5.98. The van der Waals surface area contributed by atoms with Gasteiger partial charge in [0.05, 0.1) is 6.42 Å². The molecular formula is C22H23NO4. The Morgan fingerprint density at radius 3 is 2.37 bits per heavy atom. The Balaban J connectivity index is 1.51. The molecule has 0 bridgehead atoms. The summed E-state index contributed by atoms with van der Waals surface area (Å²) in [7, 11) is 0. The number of aryl methyl sites for hydroxylation is 2. The largest absolute Gasteiger partial charge is 0.457 e. The number of esters is 1. The zero-order valence-electron chi connectivity index (χ0n) is 15.4. The van der Waals surface area contributed by atoms with Crippen LogP contribution in [0.3, 0.4) is 0 Å². The van der Waals surface area contributed by atoms with Gasteiger partial charge in [0.15, 0.2) is 12.4 Å². The van der Waals surface area contributed by atoms with Gasteiger partial charge in [-0.15, -0.1) is 0 Å². The average Bonchev–Trinajstić information content (AvgIpc) is 2.67. The second-order valence-corrected chi connectivity index (χ2v) is 6.83. The van der Waals surface area contributed by atoms with Gasteiger partial charge >= 0.3 is 5.97 Å². The summed E-state index contributed by atoms with van der Waals surface area (Å²) in [5.74, 6) is -0.783. The molecule has 0 heterocycles. The van der Waals surface area contributed by atoms with Gasteiger partial charge in [0, 0.05) is 18.2 Å². The van der Waals surface area contributed by atoms with Crippen molar-refractivity contribution in [1.82, 2.24) is 0 Å². The molecule has 0 spiro atoms. The van der Waals surface area contributed by atoms with Crippen LogP contribution < -0.4 is 5.32 Å². The van der Waals surface area contributed by atoms with Crippen molar-refractivity contribution >= 4 is 23.3 Å². The molecule has 0 aromatic heterocycles. The standard InChI is InChI=1S/C22H23NO4/c1-15(24)23-20-10-6-16(7-11-20)12-22(26)27-14-21(25)19-9-8-17-4-2-3-5-18(17)13-19/h6-11,13H,2-5,12,14H2,1H3,(H,23,24). The van der Waals surface area contributed by atoms with E-state index >= 15 is 0 Å². The fourth-order valence-corrected chi connectivity index (χ4v) is 3.26. The van der Waals surface area contributed by atoms with Gasteiger partial charge in [0.2, 0.25) is 5.91 Å². The van der Waals surface area contributed by atoms with Crippen molar-refractivity contribution in [3.05, 3.63) is 64.7 Å². The molecule has 3 rings (SSSR count). The molecule has 5 heteroatoms. The third-order valence-electron chi connectivity index (χ3n) is 4.66. The van der Waals surface area contributed by atoms with Gasteiger partial charge in [-0.05, 0) is 60.6 Å². The lowest BCUT2D eigenvalue weighted by Crippen LogP contribution is -2.16. The summed E-state index contributed by atoms with van der Waals surface area (Å²) in [6.07, 6.45) is 4.51. The molecule has 0 unspecified atom stereocenters. The van der Waals surface area contributed by atoms with Crippen molar-refractivity contribution in [1.29, 1.82) is 0 Å². The summed E-state index contributed by atoms with van der Waals surface area (Å²) >= 11 is 0. The quantitative estimate of drug-likeness (QED) is 0.628. The van der Waals surface area contributed by atoms with E-state index in [4.69, 9.17) is 4.74 Å². The number of nitrogens with one attached hydrogen (secondary N) is 1. The number of ketones is 1. The van der Waals surface area contributed by atoms with Crippen LogP contribution in [0.2, 0.25) is 0 Å². The molecule has 140 valence electrons. The van der Waals surface area contributed by atoms with Gasteiger partial charge in [-0.25, -0.2) is 0 Å². The van der Waals surface area contributed by atoms with E-state index in [9.17, 15) is 14.4 Å². The van der Waals surface area contributed by atoms with Gasteiger partial charge in [-0.1, -0.05) is 24.3 Å². The van der Waals surface area contributed by atoms with Crippen LogP contribution in [0, 0.1) is 0 Å². The normalized spacial score (nSPS) is 12.8. The second-order valence-electron chi connectivity index (χ2n) is 6.83. The lowest BCUT2D eigenvalue weighted by molar-refractivity contribution is -0.141. The zero-order valence-corrected chi connectivity index (χ0v) is 15.4. The molecule has 1 aliphatic carbocycles. The number of carbonyl (C=O) groups is 3. The highest BCUT2D eigenvalue weighted by Gasteiger charge is 2.14. The Morgan fingerprint density at radius 1 is 0.963 bits per heavy atom. The van der Waals surface area contributed by atoms with Crippen molar-refractivity contribution in [2.75, 3.05) is 11.9 Å². The summed E-state index contributed by atoms with van der Waals surface area (Å²) in [5, 5.41) is 2.67. The number of rotatable bonds is 6. The molecule has 0 saturated heterocycles. The van der Waals surface area contributed by atoms with Crippen molar-refractivity contribution in [2.45, 2.75) is 39.0 Å². The van der Waals surface area contributed by atoms with Gasteiger partial charge < -0.3 is 10.1 Å². The number of Topliss-reactive ketones (excluding diaryl/α,β-unsaturated/α-hetero) is 1. The number of hydrogen-bond acceptors (Lipinski definition) is 4. The minimum absolute atomic E-state index is 0.0812. The Morgan fingerprint density at radius 2 is 1.67 bits per heavy atom. The van der Waals surface area contributed by atoms with Crippen LogP contribution in [-0.4, -0.2) is 24.3 Å². The lowest BCUT2D eigenvalue weighted by Gasteiger charge is -2.16. The summed E-state index contributed by atoms with van der Waals surface area (Å²) < 4.78 is 5.14. The summed E-state index contributed by atoms with van der Waals surface area (Å²) in [4.78, 5) is 35.3. The molecule has 1 amide bonds. The first-order chi connectivity index (χ1) is 13.0. The molecule has 1 N–H and O–H groups in total. The van der Waals surface area contributed by atoms with Crippen molar-refractivity contribution < 1.29 is 19.1 Å². The maximum absolute atomic E-state index is 12.3. The van der Waals surface area contributed by atoms with Crippen LogP contribution >= 0.6 is 0 Å². The fourth-order valence-electron chi connectivity index (χ4n) is 3.26. The van der Waals surface area contributed by atoms with E-state index in [-0.39, 0.29) is 24.7 Å². The minimum Gasteiger partial charge on any atom is -0.457 e. The van der Waals surface area contributed by atoms with Crippen molar-refractivity contribution in [3.63, 3.8) is 0 Å². The first-order valence-corrected chi connectivity index (χ1v) is 9.18. The fraction of sp³-hybridized carbons (Fsp3) is 0.318. The molecule has 0 atom stereocenters. The molecule has 0 fully saturated rings. The number of anilines is 1. The maximum atomic E-state index is 12.3. The summed E-state index contributed by atoms with van der Waals surface area (Å²) in [6.45, 7) is 1.19. The molecule has 1 aliphatic rings. The predicted octanol–water partition coefficient (Wildman–Crippen LogP) is 3.49. The van der Waals surface area contributed by atoms with Crippen molar-refractivity contribution in [3.8, 4) is 0 Å². The van der Waals surface area contributed by atoms with E-state index in [2.05, 4.69) is 5.32 Å². The van der Waals surface area contributed by atoms with Gasteiger partial charge in [0.1, 0.15) is 0 Å². The number of amides is 1. The SMILES string of the molecule is CC(=O)Nc1ccc(CC(=O)OCC(=O)c2ccc3c(c2)CCCC3)cc1. The van der Waals surface area contributed by atoms with Crippen LogP contribution in [0.25, 0.3) is 0 Å². The molecule has 0 saturated carbocycles. The third-order valence-corrected chi connectivity index (χ3v) is 4.66. The molecule has 27 heavy (non-hydrogen) atoms. The molecule has 5 nitrogen and oxygen atoms in total. The smallest absolute Gasteiger partial charge is 0.310 e. The molecular weight excluding hydrogens is 342 g/mol. The maximum Gasteiger partial charge on any atom is 0.310 e. The topological polar surface area (TPSA) is 72.5 Å². The van der Waals surface area contributed by atoms with E-state index in [1.165, 1.54) is 24.5 Å². The average molecular weight is 365 g/mol. The molecule has 0 radical (unpaired) electrons. The lowest BCUT2D eigenvalue weighted by atomic mass is 9.90. The van der Waals surface area contributed by atoms with Gasteiger partial charge in [-0.3, -0.25) is 14.4 Å². The zero-order chi connectivity index (χ0) is 19.2. The van der Waals surface area contributed by atoms with E-state index in [1.54, 1.807) is 24.3 Å². The number of fused-ring (bicyclic) bond motifs is 1. The van der Waals surface area contributed by atoms with Crippen LogP contribution in [0.1, 0.15) is 46.8 Å². The number of hydrogen-bond donors (Lipinski definition) is 1. The number of benzene rings is 2. The Hall–Kier alpha value is -2.95. The Bertz CT molecular complexity index is 855. The summed E-state index contributed by atoms with van der Waals surface area (Å²) in [5.41, 5.74) is 4.58. The van der Waals surface area contributed by atoms with Gasteiger partial charge in [-0.2, -0.15) is 0 Å². The molecule has 2 aromatic rings. The number of carbonyl (C=O) groups excluding carboxylic acids is 3. The van der Waals surface area contributed by atoms with E-state index < -0.39 is 5.97 Å². The van der Waals surface area contributed by atoms with Crippen LogP contribution in [0.15, 0.2) is 42.5 Å². The van der Waals surface area contributed by atoms with Crippen LogP contribution in [-0.2, 0) is 33.6 Å². The molecule has 0 aliphatic heterocycles. The van der Waals surface area contributed by atoms with Crippen LogP contribution in [0.5, 0.6) is 0 Å². The highest BCUT2D eigenvalue weighted by atomic mass is 16.5. The Kier molecular flexibility index (Phi) is 6.01. The number of ether oxygens (including phenoxy) is 1. The first-order valence-electron chi connectivity index (χ1n) is 9.18. The van der Waals surface area contributed by atoms with Crippen LogP contribution in [0.4, 0.5) is 5.69 Å². The first kappa shape index (κ1) is 18.8. The molecule has 2 aromatic carbocycles. The Labute approximate surface area is 158 Å². The monoisotopic (exact) mass is 365 g/mol. The summed E-state index contributed by atoms with van der Waals surface area (Å²) in [6, 6.07) is 12.7. The van der Waals surface area contributed by atoms with Gasteiger partial charge in [0.25, 0.3) is 0 Å². The minimum atomic E-state index is -0.450. The second kappa shape index (κ2) is 8.62. The third kappa shape index (κ3) is 5.26. The predicted molar refractivity (Wildman–Crippen MR) is 103 cm³/mol. The highest BCUT2D eigenvalue weighted by Crippen LogP contribution is 2.22. The van der Waals surface area contributed by atoms with E-state index in [0.717, 1.165) is 24.8 Å². The van der Waals surface area contributed by atoms with E-state index in [1.807, 2.05) is 18.2 Å². The van der Waals surface area contributed by atoms with E-state index in [0.29, 0.717) is 11.3 Å².